The summed E-state index contributed by atoms with van der Waals surface area (Å²) in [4.78, 5) is 16.8. The van der Waals surface area contributed by atoms with Crippen LogP contribution < -0.4 is 10.2 Å². The molecule has 18 heavy (non-hydrogen) atoms. The quantitative estimate of drug-likeness (QED) is 0.648. The average Bonchev–Trinajstić information content (AvgIpc) is 2.75. The number of pyridine rings is 1. The van der Waals surface area contributed by atoms with Gasteiger partial charge in [-0.25, -0.2) is 9.78 Å². The number of hydrogen-bond acceptors (Lipinski definition) is 6. The molecule has 7 nitrogen and oxygen atoms in total. The summed E-state index contributed by atoms with van der Waals surface area (Å²) in [6.07, 6.45) is 0.918. The van der Waals surface area contributed by atoms with Crippen LogP contribution in [0.15, 0.2) is 12.3 Å². The minimum atomic E-state index is -1.60. The zero-order valence-corrected chi connectivity index (χ0v) is 9.87. The van der Waals surface area contributed by atoms with E-state index in [0.29, 0.717) is 24.6 Å². The topological polar surface area (TPSA) is 92.1 Å². The lowest BCUT2D eigenvalue weighted by molar-refractivity contribution is 0.157. The van der Waals surface area contributed by atoms with E-state index in [9.17, 15) is 4.79 Å². The molecule has 8 heteroatoms. The maximum Gasteiger partial charge on any atom is 0.490 e. The van der Waals surface area contributed by atoms with E-state index in [1.54, 1.807) is 6.07 Å². The highest BCUT2D eigenvalue weighted by molar-refractivity contribution is 6.58. The number of carbonyl (C=O) groups is 1. The number of aromatic nitrogens is 1. The van der Waals surface area contributed by atoms with E-state index in [0.717, 1.165) is 0 Å². The highest BCUT2D eigenvalue weighted by Crippen LogP contribution is 2.17. The van der Waals surface area contributed by atoms with Crippen LogP contribution in [0.2, 0.25) is 0 Å². The van der Waals surface area contributed by atoms with Gasteiger partial charge in [-0.15, -0.1) is 0 Å². The van der Waals surface area contributed by atoms with Crippen molar-refractivity contribution in [2.45, 2.75) is 6.54 Å². The molecule has 1 saturated heterocycles. The van der Waals surface area contributed by atoms with E-state index in [1.165, 1.54) is 18.2 Å². The van der Waals surface area contributed by atoms with Gasteiger partial charge in [0.25, 0.3) is 0 Å². The first-order valence-electron chi connectivity index (χ1n) is 5.42. The first-order chi connectivity index (χ1) is 8.61. The number of amides is 1. The number of rotatable bonds is 4. The van der Waals surface area contributed by atoms with Gasteiger partial charge in [-0.3, -0.25) is 0 Å². The van der Waals surface area contributed by atoms with Crippen molar-refractivity contribution < 1.29 is 24.3 Å². The smallest absolute Gasteiger partial charge is 0.481 e. The van der Waals surface area contributed by atoms with E-state index in [4.69, 9.17) is 19.5 Å². The van der Waals surface area contributed by atoms with E-state index >= 15 is 0 Å². The van der Waals surface area contributed by atoms with Gasteiger partial charge in [-0.05, 0) is 0 Å². The van der Waals surface area contributed by atoms with Gasteiger partial charge in [0.05, 0.1) is 20.2 Å². The number of hydrogen-bond donors (Lipinski definition) is 2. The van der Waals surface area contributed by atoms with Crippen molar-refractivity contribution in [1.82, 2.24) is 9.88 Å². The third-order valence-electron chi connectivity index (χ3n) is 2.64. The van der Waals surface area contributed by atoms with E-state index in [2.05, 4.69) is 4.98 Å². The van der Waals surface area contributed by atoms with Crippen molar-refractivity contribution in [2.75, 3.05) is 20.3 Å². The molecule has 0 saturated carbocycles. The largest absolute Gasteiger partial charge is 0.490 e. The van der Waals surface area contributed by atoms with Crippen molar-refractivity contribution in [1.29, 1.82) is 0 Å². The first-order valence-corrected chi connectivity index (χ1v) is 5.42. The zero-order chi connectivity index (χ0) is 13.1. The summed E-state index contributed by atoms with van der Waals surface area (Å²) in [5.74, 6) is 0.346. The fraction of sp³-hybridized carbons (Fsp3) is 0.400. The van der Waals surface area contributed by atoms with Gasteiger partial charge in [-0.2, -0.15) is 0 Å². The van der Waals surface area contributed by atoms with Crippen molar-refractivity contribution in [2.24, 2.45) is 0 Å². The Labute approximate surface area is 104 Å². The van der Waals surface area contributed by atoms with Gasteiger partial charge in [0.1, 0.15) is 6.61 Å². The Bertz CT molecular complexity index is 454. The molecule has 2 rings (SSSR count). The molecule has 0 aromatic carbocycles. The number of nitrogens with zero attached hydrogens (tertiary/aromatic N) is 2. The Kier molecular flexibility index (Phi) is 3.68. The second kappa shape index (κ2) is 5.24. The summed E-state index contributed by atoms with van der Waals surface area (Å²) in [5, 5.41) is 18.2. The predicted octanol–water partition coefficient (Wildman–Crippen LogP) is -1.28. The van der Waals surface area contributed by atoms with Gasteiger partial charge < -0.3 is 24.4 Å². The Morgan fingerprint density at radius 1 is 1.61 bits per heavy atom. The molecule has 2 heterocycles. The summed E-state index contributed by atoms with van der Waals surface area (Å²) in [6.45, 7) is 1.11. The molecule has 0 atom stereocenters. The summed E-state index contributed by atoms with van der Waals surface area (Å²) in [6, 6.07) is 1.54. The monoisotopic (exact) mass is 252 g/mol. The molecule has 1 fully saturated rings. The minimum Gasteiger partial charge on any atom is -0.481 e. The lowest BCUT2D eigenvalue weighted by atomic mass is 9.81. The zero-order valence-electron chi connectivity index (χ0n) is 9.87. The van der Waals surface area contributed by atoms with Gasteiger partial charge in [0.15, 0.2) is 0 Å². The van der Waals surface area contributed by atoms with Crippen LogP contribution >= 0.6 is 0 Å². The third kappa shape index (κ3) is 2.54. The normalized spacial score (nSPS) is 14.6. The van der Waals surface area contributed by atoms with E-state index < -0.39 is 13.2 Å². The predicted molar refractivity (Wildman–Crippen MR) is 62.4 cm³/mol. The first kappa shape index (κ1) is 12.7. The summed E-state index contributed by atoms with van der Waals surface area (Å²) >= 11 is 0. The van der Waals surface area contributed by atoms with Crippen LogP contribution in [0.4, 0.5) is 4.79 Å². The second-order valence-electron chi connectivity index (χ2n) is 3.85. The molecule has 0 aliphatic carbocycles. The summed E-state index contributed by atoms with van der Waals surface area (Å²) in [5.41, 5.74) is 0.848. The highest BCUT2D eigenvalue weighted by Gasteiger charge is 2.24. The maximum atomic E-state index is 11.3. The number of ether oxygens (including phenoxy) is 2. The molecular weight excluding hydrogens is 239 g/mol. The SMILES string of the molecule is COc1ncc(B(O)O)cc1CN1CCOC1=O. The van der Waals surface area contributed by atoms with Crippen LogP contribution in [0.25, 0.3) is 0 Å². The molecule has 2 N–H and O–H groups in total. The van der Waals surface area contributed by atoms with Gasteiger partial charge >= 0.3 is 13.2 Å². The van der Waals surface area contributed by atoms with Gasteiger partial charge in [0, 0.05) is 17.2 Å². The second-order valence-corrected chi connectivity index (χ2v) is 3.85. The Morgan fingerprint density at radius 3 is 2.94 bits per heavy atom. The molecule has 1 aromatic rings. The minimum absolute atomic E-state index is 0.248. The van der Waals surface area contributed by atoms with Crippen LogP contribution in [-0.4, -0.2) is 53.4 Å². The van der Waals surface area contributed by atoms with Crippen LogP contribution in [0.3, 0.4) is 0 Å². The Morgan fingerprint density at radius 2 is 2.39 bits per heavy atom. The average molecular weight is 252 g/mol. The van der Waals surface area contributed by atoms with Gasteiger partial charge in [-0.1, -0.05) is 6.07 Å². The number of carbonyl (C=O) groups excluding carboxylic acids is 1. The fourth-order valence-corrected chi connectivity index (χ4v) is 1.73. The standard InChI is InChI=1S/C10H13BN2O5/c1-17-9-7(4-8(5-12-9)11(15)16)6-13-2-3-18-10(13)14/h4-5,15-16H,2-3,6H2,1H3. The molecular formula is C10H13BN2O5. The molecule has 1 aliphatic rings. The summed E-state index contributed by atoms with van der Waals surface area (Å²) < 4.78 is 9.89. The number of methoxy groups -OCH3 is 1. The molecule has 96 valence electrons. The number of cyclic esters (lactones) is 1. The highest BCUT2D eigenvalue weighted by atomic mass is 16.6. The van der Waals surface area contributed by atoms with Crippen molar-refractivity contribution in [3.8, 4) is 5.88 Å². The van der Waals surface area contributed by atoms with Crippen molar-refractivity contribution in [3.63, 3.8) is 0 Å². The molecule has 0 unspecified atom stereocenters. The van der Waals surface area contributed by atoms with Crippen LogP contribution in [0, 0.1) is 0 Å². The van der Waals surface area contributed by atoms with E-state index in [-0.39, 0.29) is 12.0 Å². The van der Waals surface area contributed by atoms with Gasteiger partial charge in [0.2, 0.25) is 5.88 Å². The lowest BCUT2D eigenvalue weighted by Crippen LogP contribution is -2.32. The van der Waals surface area contributed by atoms with Crippen LogP contribution in [-0.2, 0) is 11.3 Å². The van der Waals surface area contributed by atoms with Crippen molar-refractivity contribution >= 4 is 18.7 Å². The molecule has 0 spiro atoms. The molecule has 1 aromatic heterocycles. The summed E-state index contributed by atoms with van der Waals surface area (Å²) in [7, 11) is -0.143. The third-order valence-corrected chi connectivity index (χ3v) is 2.64. The Balaban J connectivity index is 2.23. The molecule has 1 amide bonds. The van der Waals surface area contributed by atoms with Crippen LogP contribution in [0.5, 0.6) is 5.88 Å². The molecule has 1 aliphatic heterocycles. The Hall–Kier alpha value is -1.80. The lowest BCUT2D eigenvalue weighted by Gasteiger charge is -2.15. The van der Waals surface area contributed by atoms with E-state index in [1.807, 2.05) is 0 Å². The fourth-order valence-electron chi connectivity index (χ4n) is 1.73. The maximum absolute atomic E-state index is 11.3. The molecule has 0 radical (unpaired) electrons. The molecule has 0 bridgehead atoms. The van der Waals surface area contributed by atoms with Crippen LogP contribution in [0.1, 0.15) is 5.56 Å². The van der Waals surface area contributed by atoms with Crippen molar-refractivity contribution in [3.05, 3.63) is 17.8 Å².